The first-order chi connectivity index (χ1) is 10.1. The monoisotopic (exact) mass is 292 g/mol. The van der Waals surface area contributed by atoms with Gasteiger partial charge in [0.2, 0.25) is 5.91 Å². The summed E-state index contributed by atoms with van der Waals surface area (Å²) in [5.41, 5.74) is 3.55. The molecule has 0 bridgehead atoms. The van der Waals surface area contributed by atoms with Gasteiger partial charge in [0.25, 0.3) is 0 Å². The summed E-state index contributed by atoms with van der Waals surface area (Å²) in [6.07, 6.45) is 1.63. The predicted octanol–water partition coefficient (Wildman–Crippen LogP) is 0.894. The second-order valence-corrected chi connectivity index (χ2v) is 6.26. The number of aromatic nitrogens is 2. The lowest BCUT2D eigenvalue weighted by molar-refractivity contribution is -0.128. The summed E-state index contributed by atoms with van der Waals surface area (Å²) < 4.78 is 2.09. The molecule has 2 aliphatic heterocycles. The summed E-state index contributed by atoms with van der Waals surface area (Å²) in [6.45, 7) is 8.29. The van der Waals surface area contributed by atoms with Gasteiger partial charge in [-0.25, -0.2) is 0 Å². The lowest BCUT2D eigenvalue weighted by atomic mass is 10.2. The smallest absolute Gasteiger partial charge is 0.222 e. The zero-order valence-electron chi connectivity index (χ0n) is 12.9. The summed E-state index contributed by atoms with van der Waals surface area (Å²) >= 11 is 0. The van der Waals surface area contributed by atoms with E-state index in [1.807, 2.05) is 4.90 Å². The van der Waals surface area contributed by atoms with Crippen molar-refractivity contribution in [2.75, 3.05) is 19.7 Å². The maximum atomic E-state index is 11.8. The van der Waals surface area contributed by atoms with Crippen LogP contribution in [0.3, 0.4) is 0 Å². The molecule has 0 aromatic carbocycles. The molecular weight excluding hydrogens is 268 g/mol. The van der Waals surface area contributed by atoms with Crippen molar-refractivity contribution < 1.29 is 9.90 Å². The van der Waals surface area contributed by atoms with Gasteiger partial charge in [-0.15, -0.1) is 0 Å². The Labute approximate surface area is 125 Å². The molecular formula is C15H24N4O2. The lowest BCUT2D eigenvalue weighted by Crippen LogP contribution is -2.26. The molecule has 0 atom stereocenters. The van der Waals surface area contributed by atoms with Gasteiger partial charge in [0.05, 0.1) is 24.5 Å². The van der Waals surface area contributed by atoms with Gasteiger partial charge in [-0.2, -0.15) is 5.10 Å². The van der Waals surface area contributed by atoms with Crippen LogP contribution in [0.1, 0.15) is 49.7 Å². The Morgan fingerprint density at radius 3 is 2.76 bits per heavy atom. The van der Waals surface area contributed by atoms with Crippen LogP contribution in [0.25, 0.3) is 0 Å². The van der Waals surface area contributed by atoms with Crippen molar-refractivity contribution in [2.24, 2.45) is 0 Å². The highest BCUT2D eigenvalue weighted by Crippen LogP contribution is 2.29. The number of rotatable bonds is 5. The van der Waals surface area contributed by atoms with E-state index in [1.54, 1.807) is 0 Å². The third-order valence-electron chi connectivity index (χ3n) is 4.37. The molecule has 1 aromatic heterocycles. The van der Waals surface area contributed by atoms with E-state index in [0.29, 0.717) is 25.6 Å². The second-order valence-electron chi connectivity index (χ2n) is 6.26. The van der Waals surface area contributed by atoms with Crippen LogP contribution < -0.4 is 0 Å². The van der Waals surface area contributed by atoms with Crippen molar-refractivity contribution in [3.8, 4) is 0 Å². The Morgan fingerprint density at radius 1 is 1.33 bits per heavy atom. The molecule has 116 valence electrons. The van der Waals surface area contributed by atoms with Crippen molar-refractivity contribution in [1.29, 1.82) is 0 Å². The summed E-state index contributed by atoms with van der Waals surface area (Å²) in [5, 5.41) is 13.9. The molecule has 0 unspecified atom stereocenters. The van der Waals surface area contributed by atoms with Gasteiger partial charge in [-0.05, 0) is 20.3 Å². The van der Waals surface area contributed by atoms with Crippen LogP contribution in [0.4, 0.5) is 0 Å². The number of carbonyl (C=O) groups is 1. The number of fused-ring (bicyclic) bond motifs is 1. The molecule has 0 spiro atoms. The minimum atomic E-state index is 0.180. The number of amides is 1. The number of nitrogens with zero attached hydrogens (tertiary/aromatic N) is 4. The highest BCUT2D eigenvalue weighted by Gasteiger charge is 2.30. The van der Waals surface area contributed by atoms with E-state index < -0.39 is 0 Å². The minimum Gasteiger partial charge on any atom is -0.395 e. The molecule has 6 heteroatoms. The van der Waals surface area contributed by atoms with Gasteiger partial charge in [-0.3, -0.25) is 14.4 Å². The Kier molecular flexibility index (Phi) is 3.99. The molecule has 2 aliphatic rings. The number of likely N-dealkylation sites (tertiary alicyclic amines) is 1. The topological polar surface area (TPSA) is 61.6 Å². The first-order valence-corrected chi connectivity index (χ1v) is 7.80. The van der Waals surface area contributed by atoms with Crippen LogP contribution >= 0.6 is 0 Å². The van der Waals surface area contributed by atoms with E-state index in [-0.39, 0.29) is 12.5 Å². The number of hydrogen-bond acceptors (Lipinski definition) is 4. The standard InChI is InChI=1S/C15H24N4O2/c1-11(2)19-14-10-17(6-7-20)8-12(14)13(16-19)9-18-5-3-4-15(18)21/h11,20H,3-10H2,1-2H3. The van der Waals surface area contributed by atoms with Crippen LogP contribution in [-0.4, -0.2) is 50.3 Å². The van der Waals surface area contributed by atoms with Crippen molar-refractivity contribution in [3.63, 3.8) is 0 Å². The highest BCUT2D eigenvalue weighted by molar-refractivity contribution is 5.78. The average Bonchev–Trinajstić information content (AvgIpc) is 3.08. The molecule has 6 nitrogen and oxygen atoms in total. The first-order valence-electron chi connectivity index (χ1n) is 7.80. The maximum absolute atomic E-state index is 11.8. The van der Waals surface area contributed by atoms with E-state index in [1.165, 1.54) is 11.3 Å². The quantitative estimate of drug-likeness (QED) is 0.875. The summed E-state index contributed by atoms with van der Waals surface area (Å²) in [6, 6.07) is 0.316. The molecule has 3 heterocycles. The van der Waals surface area contributed by atoms with Gasteiger partial charge in [-0.1, -0.05) is 0 Å². The van der Waals surface area contributed by atoms with Gasteiger partial charge < -0.3 is 10.0 Å². The van der Waals surface area contributed by atoms with Crippen molar-refractivity contribution in [1.82, 2.24) is 19.6 Å². The van der Waals surface area contributed by atoms with Crippen molar-refractivity contribution in [2.45, 2.75) is 52.4 Å². The molecule has 3 rings (SSSR count). The number of hydrogen-bond donors (Lipinski definition) is 1. The number of β-amino-alcohol motifs (C(OH)–C–C–N with tert-alkyl or cyclic N) is 1. The Bertz CT molecular complexity index is 538. The van der Waals surface area contributed by atoms with Crippen LogP contribution in [0, 0.1) is 0 Å². The summed E-state index contributed by atoms with van der Waals surface area (Å²) in [4.78, 5) is 16.0. The van der Waals surface area contributed by atoms with E-state index in [9.17, 15) is 4.79 Å². The molecule has 0 saturated carbocycles. The van der Waals surface area contributed by atoms with Gasteiger partial charge >= 0.3 is 0 Å². The number of carbonyl (C=O) groups excluding carboxylic acids is 1. The van der Waals surface area contributed by atoms with E-state index in [4.69, 9.17) is 10.2 Å². The zero-order valence-corrected chi connectivity index (χ0v) is 12.9. The fourth-order valence-electron chi connectivity index (χ4n) is 3.30. The Hall–Kier alpha value is -1.40. The fraction of sp³-hybridized carbons (Fsp3) is 0.733. The summed E-state index contributed by atoms with van der Waals surface area (Å²) in [5.74, 6) is 0.244. The Balaban J connectivity index is 1.85. The fourth-order valence-corrected chi connectivity index (χ4v) is 3.30. The normalized spacial score (nSPS) is 19.0. The van der Waals surface area contributed by atoms with Crippen LogP contribution in [0.5, 0.6) is 0 Å². The van der Waals surface area contributed by atoms with Gasteiger partial charge in [0.1, 0.15) is 0 Å². The van der Waals surface area contributed by atoms with Crippen molar-refractivity contribution >= 4 is 5.91 Å². The first kappa shape index (κ1) is 14.5. The summed E-state index contributed by atoms with van der Waals surface area (Å²) in [7, 11) is 0. The van der Waals surface area contributed by atoms with E-state index in [2.05, 4.69) is 23.4 Å². The maximum Gasteiger partial charge on any atom is 0.222 e. The van der Waals surface area contributed by atoms with Crippen LogP contribution in [0.15, 0.2) is 0 Å². The molecule has 1 fully saturated rings. The van der Waals surface area contributed by atoms with E-state index >= 15 is 0 Å². The zero-order chi connectivity index (χ0) is 15.0. The van der Waals surface area contributed by atoms with Gasteiger partial charge in [0.15, 0.2) is 0 Å². The highest BCUT2D eigenvalue weighted by atomic mass is 16.3. The largest absolute Gasteiger partial charge is 0.395 e. The SMILES string of the molecule is CC(C)n1nc(CN2CCCC2=O)c2c1CN(CCO)C2. The molecule has 0 radical (unpaired) electrons. The number of aliphatic hydroxyl groups excluding tert-OH is 1. The molecule has 1 aromatic rings. The molecule has 1 amide bonds. The minimum absolute atomic E-state index is 0.180. The average molecular weight is 292 g/mol. The predicted molar refractivity (Wildman–Crippen MR) is 78.5 cm³/mol. The molecule has 0 aliphatic carbocycles. The van der Waals surface area contributed by atoms with Crippen LogP contribution in [0.2, 0.25) is 0 Å². The van der Waals surface area contributed by atoms with Crippen molar-refractivity contribution in [3.05, 3.63) is 17.0 Å². The third kappa shape index (κ3) is 2.70. The molecule has 21 heavy (non-hydrogen) atoms. The van der Waals surface area contributed by atoms with E-state index in [0.717, 1.165) is 31.7 Å². The molecule has 1 N–H and O–H groups in total. The second kappa shape index (κ2) is 5.77. The number of aliphatic hydroxyl groups is 1. The van der Waals surface area contributed by atoms with Gasteiger partial charge in [0, 0.05) is 44.2 Å². The van der Waals surface area contributed by atoms with Crippen LogP contribution in [-0.2, 0) is 24.4 Å². The molecule has 1 saturated heterocycles. The third-order valence-corrected chi connectivity index (χ3v) is 4.37. The Morgan fingerprint density at radius 2 is 2.14 bits per heavy atom. The lowest BCUT2D eigenvalue weighted by Gasteiger charge is -2.17.